The molecule has 1 aromatic carbocycles. The minimum Gasteiger partial charge on any atom is -0.315 e. The molecule has 1 aliphatic rings. The Morgan fingerprint density at radius 2 is 1.42 bits per heavy atom. The van der Waals surface area contributed by atoms with Crippen LogP contribution in [0.15, 0.2) is 24.3 Å². The Bertz CT molecular complexity index is 466. The molecule has 0 unspecified atom stereocenters. The quantitative estimate of drug-likeness (QED) is 0.475. The summed E-state index contributed by atoms with van der Waals surface area (Å²) < 4.78 is 0. The van der Waals surface area contributed by atoms with E-state index in [2.05, 4.69) is 21.3 Å². The van der Waals surface area contributed by atoms with Crippen molar-refractivity contribution in [3.63, 3.8) is 0 Å². The molecule has 0 radical (unpaired) electrons. The van der Waals surface area contributed by atoms with Crippen molar-refractivity contribution >= 4 is 5.69 Å². The van der Waals surface area contributed by atoms with Gasteiger partial charge in [-0.3, -0.25) is 10.1 Å². The molecular weight excluding hydrogens is 306 g/mol. The van der Waals surface area contributed by atoms with Crippen molar-refractivity contribution in [1.29, 1.82) is 0 Å². The topological polar surface area (TPSA) is 91.3 Å². The van der Waals surface area contributed by atoms with Crippen LogP contribution in [-0.2, 0) is 6.42 Å². The molecule has 4 N–H and O–H groups in total. The van der Waals surface area contributed by atoms with Crippen LogP contribution in [0.3, 0.4) is 0 Å². The van der Waals surface area contributed by atoms with Gasteiger partial charge < -0.3 is 21.3 Å². The molecule has 2 rings (SSSR count). The van der Waals surface area contributed by atoms with Crippen molar-refractivity contribution in [1.82, 2.24) is 21.3 Å². The van der Waals surface area contributed by atoms with E-state index in [4.69, 9.17) is 0 Å². The number of nitrogens with zero attached hydrogens (tertiary/aromatic N) is 1. The van der Waals surface area contributed by atoms with E-state index in [1.54, 1.807) is 12.1 Å². The van der Waals surface area contributed by atoms with Crippen molar-refractivity contribution in [2.24, 2.45) is 5.92 Å². The number of hydrogen-bond acceptors (Lipinski definition) is 6. The Balaban J connectivity index is 1.85. The lowest BCUT2D eigenvalue weighted by atomic mass is 9.98. The minimum absolute atomic E-state index is 0.151. The Morgan fingerprint density at radius 3 is 1.96 bits per heavy atom. The monoisotopic (exact) mass is 335 g/mol. The van der Waals surface area contributed by atoms with Gasteiger partial charge in [-0.2, -0.15) is 0 Å². The second kappa shape index (κ2) is 11.1. The van der Waals surface area contributed by atoms with Gasteiger partial charge in [0.25, 0.3) is 5.69 Å². The smallest absolute Gasteiger partial charge is 0.269 e. The van der Waals surface area contributed by atoms with Gasteiger partial charge in [0, 0.05) is 38.3 Å². The summed E-state index contributed by atoms with van der Waals surface area (Å²) in [6, 6.07) is 6.92. The number of nitrogens with one attached hydrogen (secondary N) is 4. The average Bonchev–Trinajstić information content (AvgIpc) is 2.58. The highest BCUT2D eigenvalue weighted by Crippen LogP contribution is 2.14. The number of nitro benzene ring substituents is 1. The lowest BCUT2D eigenvalue weighted by molar-refractivity contribution is -0.384. The van der Waals surface area contributed by atoms with Crippen molar-refractivity contribution in [2.45, 2.75) is 12.8 Å². The fraction of sp³-hybridized carbons (Fsp3) is 0.647. The van der Waals surface area contributed by atoms with Gasteiger partial charge >= 0.3 is 0 Å². The predicted octanol–water partition coefficient (Wildman–Crippen LogP) is 0.516. The maximum atomic E-state index is 10.7. The van der Waals surface area contributed by atoms with Crippen LogP contribution >= 0.6 is 0 Å². The van der Waals surface area contributed by atoms with E-state index >= 15 is 0 Å². The summed E-state index contributed by atoms with van der Waals surface area (Å²) in [5.41, 5.74) is 1.30. The predicted molar refractivity (Wildman–Crippen MR) is 96.4 cm³/mol. The molecule has 1 heterocycles. The zero-order valence-corrected chi connectivity index (χ0v) is 14.2. The van der Waals surface area contributed by atoms with Gasteiger partial charge in [-0.1, -0.05) is 12.1 Å². The zero-order valence-electron chi connectivity index (χ0n) is 14.2. The first-order chi connectivity index (χ1) is 11.8. The standard InChI is InChI=1S/C17H29N5O2/c23-22(24)17-4-2-15(3-5-17)12-16-13-20-10-8-18-6-1-7-19-9-11-21-14-16/h2-5,16,18-21H,1,6-14H2. The van der Waals surface area contributed by atoms with E-state index in [-0.39, 0.29) is 10.6 Å². The first kappa shape index (κ1) is 18.8. The molecule has 1 aliphatic heterocycles. The minimum atomic E-state index is -0.353. The fourth-order valence-electron chi connectivity index (χ4n) is 2.86. The SMILES string of the molecule is O=[N+]([O-])c1ccc(CC2CNCCNCCCNCCNC2)cc1. The Kier molecular flexibility index (Phi) is 8.69. The number of hydrogen-bond donors (Lipinski definition) is 4. The van der Waals surface area contributed by atoms with E-state index < -0.39 is 0 Å². The lowest BCUT2D eigenvalue weighted by Gasteiger charge is -2.19. The second-order valence-electron chi connectivity index (χ2n) is 6.26. The number of non-ortho nitro benzene ring substituents is 1. The summed E-state index contributed by atoms with van der Waals surface area (Å²) in [7, 11) is 0. The molecule has 0 amide bonds. The third-order valence-electron chi connectivity index (χ3n) is 4.20. The number of nitro groups is 1. The molecule has 134 valence electrons. The summed E-state index contributed by atoms with van der Waals surface area (Å²) >= 11 is 0. The molecule has 1 fully saturated rings. The Morgan fingerprint density at radius 1 is 0.875 bits per heavy atom. The van der Waals surface area contributed by atoms with Crippen LogP contribution in [0.5, 0.6) is 0 Å². The van der Waals surface area contributed by atoms with E-state index in [1.165, 1.54) is 0 Å². The second-order valence-corrected chi connectivity index (χ2v) is 6.26. The first-order valence-electron chi connectivity index (χ1n) is 8.82. The fourth-order valence-corrected chi connectivity index (χ4v) is 2.86. The van der Waals surface area contributed by atoms with E-state index in [1.807, 2.05) is 12.1 Å². The molecule has 1 saturated heterocycles. The molecule has 0 bridgehead atoms. The molecule has 0 aromatic heterocycles. The van der Waals surface area contributed by atoms with Gasteiger partial charge in [0.05, 0.1) is 4.92 Å². The van der Waals surface area contributed by atoms with Crippen molar-refractivity contribution in [3.05, 3.63) is 39.9 Å². The lowest BCUT2D eigenvalue weighted by Crippen LogP contribution is -2.39. The third kappa shape index (κ3) is 7.35. The van der Waals surface area contributed by atoms with Gasteiger partial charge in [0.15, 0.2) is 0 Å². The summed E-state index contributed by atoms with van der Waals surface area (Å²) in [6.45, 7) is 7.88. The van der Waals surface area contributed by atoms with Gasteiger partial charge in [0.1, 0.15) is 0 Å². The van der Waals surface area contributed by atoms with Crippen molar-refractivity contribution in [2.75, 3.05) is 52.4 Å². The van der Waals surface area contributed by atoms with Crippen molar-refractivity contribution < 1.29 is 4.92 Å². The van der Waals surface area contributed by atoms with Crippen molar-refractivity contribution in [3.8, 4) is 0 Å². The molecule has 1 aromatic rings. The summed E-state index contributed by atoms with van der Waals surface area (Å²) in [4.78, 5) is 10.4. The van der Waals surface area contributed by atoms with Crippen LogP contribution in [-0.4, -0.2) is 57.3 Å². The highest BCUT2D eigenvalue weighted by Gasteiger charge is 2.11. The molecular formula is C17H29N5O2. The van der Waals surface area contributed by atoms with Crippen LogP contribution < -0.4 is 21.3 Å². The average molecular weight is 335 g/mol. The molecule has 0 atom stereocenters. The highest BCUT2D eigenvalue weighted by molar-refractivity contribution is 5.33. The summed E-state index contributed by atoms with van der Waals surface area (Å²) in [6.07, 6.45) is 2.07. The van der Waals surface area contributed by atoms with Gasteiger partial charge in [-0.25, -0.2) is 0 Å². The van der Waals surface area contributed by atoms with Crippen LogP contribution in [0.1, 0.15) is 12.0 Å². The molecule has 0 spiro atoms. The van der Waals surface area contributed by atoms with E-state index in [0.717, 1.165) is 70.8 Å². The molecule has 24 heavy (non-hydrogen) atoms. The van der Waals surface area contributed by atoms with E-state index in [0.29, 0.717) is 5.92 Å². The number of benzene rings is 1. The summed E-state index contributed by atoms with van der Waals surface area (Å²) in [5.74, 6) is 0.467. The van der Waals surface area contributed by atoms with Crippen LogP contribution in [0.2, 0.25) is 0 Å². The number of rotatable bonds is 3. The van der Waals surface area contributed by atoms with E-state index in [9.17, 15) is 10.1 Å². The maximum Gasteiger partial charge on any atom is 0.269 e. The zero-order chi connectivity index (χ0) is 17.0. The third-order valence-corrected chi connectivity index (χ3v) is 4.20. The van der Waals surface area contributed by atoms with Crippen LogP contribution in [0.25, 0.3) is 0 Å². The molecule has 0 saturated carbocycles. The Labute approximate surface area is 143 Å². The molecule has 7 nitrogen and oxygen atoms in total. The Hall–Kier alpha value is -1.54. The van der Waals surface area contributed by atoms with Gasteiger partial charge in [-0.15, -0.1) is 0 Å². The summed E-state index contributed by atoms with van der Waals surface area (Å²) in [5, 5.41) is 24.6. The highest BCUT2D eigenvalue weighted by atomic mass is 16.6. The van der Waals surface area contributed by atoms with Gasteiger partial charge in [-0.05, 0) is 50.5 Å². The molecule has 0 aliphatic carbocycles. The maximum absolute atomic E-state index is 10.7. The molecule has 7 heteroatoms. The first-order valence-corrected chi connectivity index (χ1v) is 8.82. The van der Waals surface area contributed by atoms with Gasteiger partial charge in [0.2, 0.25) is 0 Å². The largest absolute Gasteiger partial charge is 0.315 e. The van der Waals surface area contributed by atoms with Crippen LogP contribution in [0.4, 0.5) is 5.69 Å². The normalized spacial score (nSPS) is 19.5. The van der Waals surface area contributed by atoms with Crippen LogP contribution in [0, 0.1) is 16.0 Å².